The van der Waals surface area contributed by atoms with Crippen molar-refractivity contribution in [1.29, 1.82) is 0 Å². The summed E-state index contributed by atoms with van der Waals surface area (Å²) in [6.45, 7) is 2.16. The highest BCUT2D eigenvalue weighted by molar-refractivity contribution is 4.73. The molecule has 1 aliphatic heterocycles. The van der Waals surface area contributed by atoms with Gasteiger partial charge in [0.05, 0.1) is 12.7 Å². The van der Waals surface area contributed by atoms with E-state index in [-0.39, 0.29) is 19.0 Å². The summed E-state index contributed by atoms with van der Waals surface area (Å²) < 4.78 is 10.3. The first kappa shape index (κ1) is 7.98. The van der Waals surface area contributed by atoms with Crippen LogP contribution < -0.4 is 0 Å². The lowest BCUT2D eigenvalue weighted by Gasteiger charge is -2.11. The van der Waals surface area contributed by atoms with Gasteiger partial charge in [-0.3, -0.25) is 0 Å². The molecule has 0 radical (unpaired) electrons. The summed E-state index contributed by atoms with van der Waals surface area (Å²) in [5.74, 6) is 0.405. The Morgan fingerprint density at radius 2 is 2.40 bits per heavy atom. The molecule has 0 aliphatic carbocycles. The summed E-state index contributed by atoms with van der Waals surface area (Å²) in [6.07, 6.45) is 0.770. The van der Waals surface area contributed by atoms with Gasteiger partial charge in [-0.25, -0.2) is 0 Å². The van der Waals surface area contributed by atoms with E-state index in [1.54, 1.807) is 7.11 Å². The average Bonchev–Trinajstić information content (AvgIpc) is 2.30. The lowest BCUT2D eigenvalue weighted by Crippen LogP contribution is -2.17. The second kappa shape index (κ2) is 3.32. The van der Waals surface area contributed by atoms with Gasteiger partial charge in [-0.1, -0.05) is 6.92 Å². The number of aliphatic hydroxyl groups excluding tert-OH is 1. The summed E-state index contributed by atoms with van der Waals surface area (Å²) in [4.78, 5) is 0. The minimum atomic E-state index is -0.114. The molecule has 0 amide bonds. The zero-order valence-electron chi connectivity index (χ0n) is 6.41. The van der Waals surface area contributed by atoms with E-state index in [4.69, 9.17) is 14.6 Å². The molecule has 1 N–H and O–H groups in total. The lowest BCUT2D eigenvalue weighted by atomic mass is 10.1. The molecule has 3 nitrogen and oxygen atoms in total. The van der Waals surface area contributed by atoms with Crippen LogP contribution in [0, 0.1) is 5.92 Å². The van der Waals surface area contributed by atoms with Crippen LogP contribution in [-0.4, -0.2) is 31.2 Å². The molecule has 0 bridgehead atoms. The Balaban J connectivity index is 2.36. The van der Waals surface area contributed by atoms with Crippen LogP contribution in [0.5, 0.6) is 0 Å². The third kappa shape index (κ3) is 1.48. The Hall–Kier alpha value is -0.120. The highest BCUT2D eigenvalue weighted by Gasteiger charge is 2.31. The molecule has 3 heteroatoms. The monoisotopic (exact) mass is 146 g/mol. The summed E-state index contributed by atoms with van der Waals surface area (Å²) in [5, 5.41) is 8.72. The molecule has 1 rings (SSSR count). The van der Waals surface area contributed by atoms with Crippen LogP contribution in [0.25, 0.3) is 0 Å². The molecule has 0 spiro atoms. The third-order valence-corrected chi connectivity index (χ3v) is 1.86. The van der Waals surface area contributed by atoms with Gasteiger partial charge in [-0.15, -0.1) is 0 Å². The van der Waals surface area contributed by atoms with Crippen molar-refractivity contribution in [3.8, 4) is 0 Å². The van der Waals surface area contributed by atoms with Crippen LogP contribution >= 0.6 is 0 Å². The first-order valence-electron chi connectivity index (χ1n) is 3.57. The fourth-order valence-electron chi connectivity index (χ4n) is 1.31. The topological polar surface area (TPSA) is 38.7 Å². The van der Waals surface area contributed by atoms with Gasteiger partial charge in [-0.05, 0) is 6.42 Å². The lowest BCUT2D eigenvalue weighted by molar-refractivity contribution is -0.135. The summed E-state index contributed by atoms with van der Waals surface area (Å²) in [5.41, 5.74) is 0. The highest BCUT2D eigenvalue weighted by atomic mass is 16.7. The van der Waals surface area contributed by atoms with E-state index in [9.17, 15) is 0 Å². The van der Waals surface area contributed by atoms with Crippen LogP contribution in [0.15, 0.2) is 0 Å². The van der Waals surface area contributed by atoms with Crippen LogP contribution in [0.3, 0.4) is 0 Å². The average molecular weight is 146 g/mol. The van der Waals surface area contributed by atoms with E-state index < -0.39 is 0 Å². The van der Waals surface area contributed by atoms with Crippen LogP contribution in [0.2, 0.25) is 0 Å². The fraction of sp³-hybridized carbons (Fsp3) is 1.00. The van der Waals surface area contributed by atoms with Gasteiger partial charge in [0.15, 0.2) is 6.29 Å². The molecule has 0 aromatic rings. The van der Waals surface area contributed by atoms with Crippen molar-refractivity contribution in [3.05, 3.63) is 0 Å². The van der Waals surface area contributed by atoms with Crippen LogP contribution in [0.1, 0.15) is 13.3 Å². The predicted molar refractivity (Wildman–Crippen MR) is 36.5 cm³/mol. The molecule has 10 heavy (non-hydrogen) atoms. The van der Waals surface area contributed by atoms with Crippen molar-refractivity contribution in [2.75, 3.05) is 13.7 Å². The number of hydrogen-bond donors (Lipinski definition) is 1. The van der Waals surface area contributed by atoms with Crippen LogP contribution in [0.4, 0.5) is 0 Å². The Morgan fingerprint density at radius 1 is 1.70 bits per heavy atom. The van der Waals surface area contributed by atoms with Gasteiger partial charge in [0.2, 0.25) is 0 Å². The Bertz CT molecular complexity index is 105. The number of aliphatic hydroxyl groups is 1. The molecule has 1 aliphatic rings. The first-order chi connectivity index (χ1) is 4.77. The maximum Gasteiger partial charge on any atom is 0.160 e. The Morgan fingerprint density at radius 3 is 2.70 bits per heavy atom. The van der Waals surface area contributed by atoms with E-state index in [2.05, 4.69) is 6.92 Å². The van der Waals surface area contributed by atoms with E-state index in [1.165, 1.54) is 0 Å². The molecule has 1 fully saturated rings. The van der Waals surface area contributed by atoms with Crippen LogP contribution in [-0.2, 0) is 9.47 Å². The highest BCUT2D eigenvalue weighted by Crippen LogP contribution is 2.25. The standard InChI is InChI=1S/C7H14O3/c1-5-3-6(4-8)10-7(5)9-2/h5-8H,3-4H2,1-2H3/t5-,6?,7?/m0/s1. The van der Waals surface area contributed by atoms with Gasteiger partial charge in [0.25, 0.3) is 0 Å². The molecule has 3 atom stereocenters. The summed E-state index contributed by atoms with van der Waals surface area (Å²) in [6, 6.07) is 0. The van der Waals surface area contributed by atoms with Crippen molar-refractivity contribution < 1.29 is 14.6 Å². The Labute approximate surface area is 60.9 Å². The summed E-state index contributed by atoms with van der Waals surface area (Å²) >= 11 is 0. The SMILES string of the molecule is COC1OC(CO)C[C@@H]1C. The number of rotatable bonds is 2. The van der Waals surface area contributed by atoms with E-state index in [0.717, 1.165) is 6.42 Å². The molecule has 0 aromatic carbocycles. The minimum absolute atomic E-state index is 0.0139. The van der Waals surface area contributed by atoms with Gasteiger partial charge in [0, 0.05) is 13.0 Å². The van der Waals surface area contributed by atoms with Crippen molar-refractivity contribution in [2.24, 2.45) is 5.92 Å². The van der Waals surface area contributed by atoms with Crippen molar-refractivity contribution >= 4 is 0 Å². The quantitative estimate of drug-likeness (QED) is 0.612. The number of ether oxygens (including phenoxy) is 2. The fourth-order valence-corrected chi connectivity index (χ4v) is 1.31. The van der Waals surface area contributed by atoms with Gasteiger partial charge in [-0.2, -0.15) is 0 Å². The normalized spacial score (nSPS) is 40.5. The predicted octanol–water partition coefficient (Wildman–Crippen LogP) is 0.376. The number of methoxy groups -OCH3 is 1. The van der Waals surface area contributed by atoms with Crippen molar-refractivity contribution in [1.82, 2.24) is 0 Å². The van der Waals surface area contributed by atoms with E-state index in [0.29, 0.717) is 5.92 Å². The van der Waals surface area contributed by atoms with Crippen molar-refractivity contribution in [3.63, 3.8) is 0 Å². The summed E-state index contributed by atoms with van der Waals surface area (Å²) in [7, 11) is 1.63. The molecule has 0 aromatic heterocycles. The molecule has 0 saturated carbocycles. The maximum absolute atomic E-state index is 8.72. The Kier molecular flexibility index (Phi) is 2.65. The second-order valence-electron chi connectivity index (χ2n) is 2.76. The second-order valence-corrected chi connectivity index (χ2v) is 2.76. The van der Waals surface area contributed by atoms with Crippen molar-refractivity contribution in [2.45, 2.75) is 25.7 Å². The molecule has 1 saturated heterocycles. The molecule has 2 unspecified atom stereocenters. The zero-order chi connectivity index (χ0) is 7.56. The smallest absolute Gasteiger partial charge is 0.160 e. The van der Waals surface area contributed by atoms with E-state index in [1.807, 2.05) is 0 Å². The van der Waals surface area contributed by atoms with Gasteiger partial charge >= 0.3 is 0 Å². The molecular formula is C7H14O3. The third-order valence-electron chi connectivity index (χ3n) is 1.86. The van der Waals surface area contributed by atoms with E-state index >= 15 is 0 Å². The largest absolute Gasteiger partial charge is 0.394 e. The minimum Gasteiger partial charge on any atom is -0.394 e. The zero-order valence-corrected chi connectivity index (χ0v) is 6.41. The van der Waals surface area contributed by atoms with Gasteiger partial charge < -0.3 is 14.6 Å². The maximum atomic E-state index is 8.72. The molecular weight excluding hydrogens is 132 g/mol. The molecule has 60 valence electrons. The number of hydrogen-bond acceptors (Lipinski definition) is 3. The van der Waals surface area contributed by atoms with Gasteiger partial charge in [0.1, 0.15) is 0 Å². The molecule has 1 heterocycles. The first-order valence-corrected chi connectivity index (χ1v) is 3.57.